The lowest BCUT2D eigenvalue weighted by molar-refractivity contribution is 0.315. The Hall–Kier alpha value is -2.04. The number of para-hydroxylation sites is 2. The first-order valence-electron chi connectivity index (χ1n) is 8.31. The van der Waals surface area contributed by atoms with Crippen LogP contribution < -0.4 is 11.1 Å². The molecule has 0 saturated heterocycles. The van der Waals surface area contributed by atoms with Crippen LogP contribution in [0.3, 0.4) is 0 Å². The number of aliphatic imine (C=N–C) groups is 1. The Morgan fingerprint density at radius 2 is 2.09 bits per heavy atom. The quantitative estimate of drug-likeness (QED) is 0.658. The molecule has 2 aliphatic carbocycles. The van der Waals surface area contributed by atoms with E-state index in [1.807, 2.05) is 6.07 Å². The third-order valence-electron chi connectivity index (χ3n) is 4.77. The Morgan fingerprint density at radius 1 is 1.27 bits per heavy atom. The third kappa shape index (κ3) is 2.67. The second-order valence-electron chi connectivity index (χ2n) is 6.50. The van der Waals surface area contributed by atoms with E-state index in [9.17, 15) is 0 Å². The van der Waals surface area contributed by atoms with Crippen molar-refractivity contribution in [2.45, 2.75) is 44.7 Å². The van der Waals surface area contributed by atoms with Gasteiger partial charge in [0.25, 0.3) is 0 Å². The van der Waals surface area contributed by atoms with Crippen molar-refractivity contribution < 1.29 is 0 Å². The molecular weight excluding hydrogens is 274 g/mol. The van der Waals surface area contributed by atoms with Crippen LogP contribution in [0.25, 0.3) is 11.0 Å². The van der Waals surface area contributed by atoms with Crippen molar-refractivity contribution in [2.24, 2.45) is 16.6 Å². The summed E-state index contributed by atoms with van der Waals surface area (Å²) in [6.45, 7) is 1.50. The maximum absolute atomic E-state index is 5.99. The number of hydrogen-bond donors (Lipinski definition) is 2. The van der Waals surface area contributed by atoms with Gasteiger partial charge in [-0.2, -0.15) is 0 Å². The molecule has 0 spiro atoms. The highest BCUT2D eigenvalue weighted by Crippen LogP contribution is 2.38. The minimum Gasteiger partial charge on any atom is -0.370 e. The highest BCUT2D eigenvalue weighted by molar-refractivity contribution is 5.78. The van der Waals surface area contributed by atoms with E-state index >= 15 is 0 Å². The molecule has 116 valence electrons. The summed E-state index contributed by atoms with van der Waals surface area (Å²) in [5, 5.41) is 3.24. The molecule has 1 aromatic heterocycles. The molecule has 0 amide bonds. The molecule has 5 heteroatoms. The van der Waals surface area contributed by atoms with Crippen molar-refractivity contribution >= 4 is 17.0 Å². The average Bonchev–Trinajstić information content (AvgIpc) is 3.24. The van der Waals surface area contributed by atoms with Gasteiger partial charge in [-0.15, -0.1) is 0 Å². The predicted octanol–water partition coefficient (Wildman–Crippen LogP) is 2.58. The smallest absolute Gasteiger partial charge is 0.189 e. The van der Waals surface area contributed by atoms with Gasteiger partial charge in [-0.3, -0.25) is 0 Å². The summed E-state index contributed by atoms with van der Waals surface area (Å²) in [6, 6.07) is 8.92. The normalized spacial score (nSPS) is 19.4. The minimum absolute atomic E-state index is 0.543. The van der Waals surface area contributed by atoms with E-state index in [2.05, 4.69) is 33.1 Å². The number of nitrogens with zero attached hydrogens (tertiary/aromatic N) is 3. The Balaban J connectivity index is 1.49. The number of fused-ring (bicyclic) bond motifs is 1. The second-order valence-corrected chi connectivity index (χ2v) is 6.50. The molecule has 2 aliphatic rings. The molecule has 4 rings (SSSR count). The van der Waals surface area contributed by atoms with Gasteiger partial charge in [0.1, 0.15) is 12.4 Å². The van der Waals surface area contributed by atoms with E-state index in [1.54, 1.807) is 0 Å². The first kappa shape index (κ1) is 13.6. The summed E-state index contributed by atoms with van der Waals surface area (Å²) >= 11 is 0. The number of aromatic nitrogens is 2. The summed E-state index contributed by atoms with van der Waals surface area (Å²) in [6.07, 6.45) is 6.48. The first-order valence-corrected chi connectivity index (χ1v) is 8.31. The molecule has 0 bridgehead atoms. The van der Waals surface area contributed by atoms with Gasteiger partial charge in [0.15, 0.2) is 5.96 Å². The van der Waals surface area contributed by atoms with Gasteiger partial charge in [0, 0.05) is 12.6 Å². The monoisotopic (exact) mass is 297 g/mol. The van der Waals surface area contributed by atoms with Crippen LogP contribution in [-0.4, -0.2) is 22.1 Å². The number of nitrogens with one attached hydrogen (secondary N) is 1. The fourth-order valence-corrected chi connectivity index (χ4v) is 3.10. The van der Waals surface area contributed by atoms with E-state index < -0.39 is 0 Å². The summed E-state index contributed by atoms with van der Waals surface area (Å²) in [7, 11) is 0. The highest BCUT2D eigenvalue weighted by atomic mass is 15.2. The molecule has 1 heterocycles. The van der Waals surface area contributed by atoms with Gasteiger partial charge in [-0.1, -0.05) is 18.6 Å². The molecule has 5 nitrogen and oxygen atoms in total. The maximum Gasteiger partial charge on any atom is 0.189 e. The SMILES string of the molecule is NC(=NCc1nc2ccccc2n1C1CC1)NCC1CCC1. The molecular formula is C17H23N5. The van der Waals surface area contributed by atoms with Crippen molar-refractivity contribution in [1.82, 2.24) is 14.9 Å². The maximum atomic E-state index is 5.99. The summed E-state index contributed by atoms with van der Waals surface area (Å²) in [5.74, 6) is 2.35. The van der Waals surface area contributed by atoms with Gasteiger partial charge < -0.3 is 15.6 Å². The standard InChI is InChI=1S/C17H23N5/c18-17(19-10-12-4-3-5-12)20-11-16-21-14-6-1-2-7-15(14)22(16)13-8-9-13/h1-2,6-7,12-13H,3-5,8-11H2,(H3,18,19,20). The van der Waals surface area contributed by atoms with E-state index in [0.717, 1.165) is 23.8 Å². The van der Waals surface area contributed by atoms with Gasteiger partial charge in [0.05, 0.1) is 11.0 Å². The zero-order valence-electron chi connectivity index (χ0n) is 12.8. The molecule has 0 atom stereocenters. The summed E-state index contributed by atoms with van der Waals surface area (Å²) < 4.78 is 2.35. The lowest BCUT2D eigenvalue weighted by atomic mass is 9.85. The van der Waals surface area contributed by atoms with Crippen LogP contribution in [0.15, 0.2) is 29.3 Å². The lowest BCUT2D eigenvalue weighted by Crippen LogP contribution is -2.37. The van der Waals surface area contributed by atoms with Crippen molar-refractivity contribution in [3.05, 3.63) is 30.1 Å². The van der Waals surface area contributed by atoms with Crippen molar-refractivity contribution in [1.29, 1.82) is 0 Å². The van der Waals surface area contributed by atoms with E-state index in [0.29, 0.717) is 18.5 Å². The minimum atomic E-state index is 0.543. The molecule has 22 heavy (non-hydrogen) atoms. The van der Waals surface area contributed by atoms with Gasteiger partial charge in [-0.25, -0.2) is 9.98 Å². The van der Waals surface area contributed by atoms with Crippen LogP contribution in [0.1, 0.15) is 44.0 Å². The summed E-state index contributed by atoms with van der Waals surface area (Å²) in [4.78, 5) is 9.23. The fraction of sp³-hybridized carbons (Fsp3) is 0.529. The molecule has 0 radical (unpaired) electrons. The topological polar surface area (TPSA) is 68.2 Å². The van der Waals surface area contributed by atoms with Crippen LogP contribution >= 0.6 is 0 Å². The number of guanidine groups is 1. The molecule has 2 aromatic rings. The first-order chi connectivity index (χ1) is 10.8. The lowest BCUT2D eigenvalue weighted by Gasteiger charge is -2.25. The number of benzene rings is 1. The Bertz CT molecular complexity index is 694. The zero-order chi connectivity index (χ0) is 14.9. The van der Waals surface area contributed by atoms with E-state index in [-0.39, 0.29) is 0 Å². The van der Waals surface area contributed by atoms with Crippen LogP contribution in [-0.2, 0) is 6.54 Å². The number of imidazole rings is 1. The molecule has 2 saturated carbocycles. The Kier molecular flexibility index (Phi) is 3.48. The van der Waals surface area contributed by atoms with Gasteiger partial charge >= 0.3 is 0 Å². The predicted molar refractivity (Wildman–Crippen MR) is 88.7 cm³/mol. The number of hydrogen-bond acceptors (Lipinski definition) is 2. The van der Waals surface area contributed by atoms with Crippen LogP contribution in [0.2, 0.25) is 0 Å². The fourth-order valence-electron chi connectivity index (χ4n) is 3.10. The Morgan fingerprint density at radius 3 is 2.82 bits per heavy atom. The van der Waals surface area contributed by atoms with Crippen LogP contribution in [0.5, 0.6) is 0 Å². The van der Waals surface area contributed by atoms with Crippen molar-refractivity contribution in [2.75, 3.05) is 6.54 Å². The van der Waals surface area contributed by atoms with Crippen molar-refractivity contribution in [3.63, 3.8) is 0 Å². The van der Waals surface area contributed by atoms with E-state index in [4.69, 9.17) is 10.7 Å². The molecule has 3 N–H and O–H groups in total. The van der Waals surface area contributed by atoms with Gasteiger partial charge in [-0.05, 0) is 43.7 Å². The average molecular weight is 297 g/mol. The number of nitrogens with two attached hydrogens (primary N) is 1. The summed E-state index contributed by atoms with van der Waals surface area (Å²) in [5.41, 5.74) is 8.26. The highest BCUT2D eigenvalue weighted by Gasteiger charge is 2.27. The van der Waals surface area contributed by atoms with Crippen LogP contribution in [0, 0.1) is 5.92 Å². The number of rotatable bonds is 5. The second kappa shape index (κ2) is 5.63. The van der Waals surface area contributed by atoms with Gasteiger partial charge in [0.2, 0.25) is 0 Å². The zero-order valence-corrected chi connectivity index (χ0v) is 12.8. The molecule has 1 aromatic carbocycles. The third-order valence-corrected chi connectivity index (χ3v) is 4.77. The van der Waals surface area contributed by atoms with Crippen LogP contribution in [0.4, 0.5) is 0 Å². The molecule has 0 unspecified atom stereocenters. The Labute approximate surface area is 130 Å². The largest absolute Gasteiger partial charge is 0.370 e. The van der Waals surface area contributed by atoms with Crippen molar-refractivity contribution in [3.8, 4) is 0 Å². The van der Waals surface area contributed by atoms with E-state index in [1.165, 1.54) is 37.6 Å². The molecule has 0 aliphatic heterocycles. The molecule has 2 fully saturated rings.